The highest BCUT2D eigenvalue weighted by molar-refractivity contribution is 6.46. The van der Waals surface area contributed by atoms with Crippen LogP contribution in [0.3, 0.4) is 0 Å². The first kappa shape index (κ1) is 20.3. The van der Waals surface area contributed by atoms with Gasteiger partial charge in [-0.1, -0.05) is 42.0 Å². The molecule has 1 amide bonds. The minimum atomic E-state index is -1.26. The Kier molecular flexibility index (Phi) is 5.77. The fraction of sp³-hybridized carbons (Fsp3) is 0.227. The van der Waals surface area contributed by atoms with Crippen molar-refractivity contribution in [2.75, 3.05) is 6.54 Å². The highest BCUT2D eigenvalue weighted by atomic mass is 19.1. The van der Waals surface area contributed by atoms with Crippen LogP contribution in [0.1, 0.15) is 35.6 Å². The van der Waals surface area contributed by atoms with Crippen molar-refractivity contribution in [1.82, 2.24) is 4.90 Å². The van der Waals surface area contributed by atoms with Crippen molar-refractivity contribution < 1.29 is 29.0 Å². The van der Waals surface area contributed by atoms with Gasteiger partial charge in [-0.25, -0.2) is 4.39 Å². The second kappa shape index (κ2) is 8.26. The number of hydrogen-bond donors (Lipinski definition) is 1. The Balaban J connectivity index is 2.08. The monoisotopic (exact) mass is 396 g/mol. The number of aryl methyl sites for hydroxylation is 1. The lowest BCUT2D eigenvalue weighted by molar-refractivity contribution is -0.305. The number of carbonyl (C=O) groups excluding carboxylic acids is 3. The molecule has 2 aromatic rings. The third-order valence-corrected chi connectivity index (χ3v) is 4.83. The van der Waals surface area contributed by atoms with Crippen LogP contribution in [0, 0.1) is 12.7 Å². The van der Waals surface area contributed by atoms with E-state index in [2.05, 4.69) is 0 Å². The summed E-state index contributed by atoms with van der Waals surface area (Å²) in [5.74, 6) is -3.79. The highest BCUT2D eigenvalue weighted by Crippen LogP contribution is 2.39. The van der Waals surface area contributed by atoms with Crippen LogP contribution in [0.2, 0.25) is 0 Å². The predicted molar refractivity (Wildman–Crippen MR) is 101 cm³/mol. The van der Waals surface area contributed by atoms with Gasteiger partial charge in [0, 0.05) is 18.1 Å². The summed E-state index contributed by atoms with van der Waals surface area (Å²) in [6.45, 7) is 1.85. The van der Waals surface area contributed by atoms with Gasteiger partial charge in [0.05, 0.1) is 11.6 Å². The van der Waals surface area contributed by atoms with Crippen molar-refractivity contribution in [1.29, 1.82) is 0 Å². The molecular formula is C22H19FNO5-. The lowest BCUT2D eigenvalue weighted by Crippen LogP contribution is -2.32. The van der Waals surface area contributed by atoms with Crippen molar-refractivity contribution in [2.45, 2.75) is 25.8 Å². The summed E-state index contributed by atoms with van der Waals surface area (Å²) in [6.07, 6.45) is -0.200. The van der Waals surface area contributed by atoms with E-state index < -0.39 is 29.5 Å². The smallest absolute Gasteiger partial charge is 0.295 e. The molecule has 0 bridgehead atoms. The number of halogens is 1. The fourth-order valence-corrected chi connectivity index (χ4v) is 3.36. The Hall–Kier alpha value is -3.48. The zero-order chi connectivity index (χ0) is 21.1. The number of amides is 1. The van der Waals surface area contributed by atoms with Crippen molar-refractivity contribution in [3.05, 3.63) is 76.6 Å². The van der Waals surface area contributed by atoms with E-state index in [1.54, 1.807) is 24.3 Å². The first-order valence-electron chi connectivity index (χ1n) is 9.10. The van der Waals surface area contributed by atoms with Crippen LogP contribution in [0.15, 0.2) is 54.1 Å². The standard InChI is InChI=1S/C22H20FNO5/c1-13-4-6-15(7-5-13)20(27)18-19(14-8-10-16(23)11-9-14)24(22(29)21(18)28)12-2-3-17(25)26/h4-11,19,27H,2-3,12H2,1H3,(H,25,26)/p-1/b20-18+/t19-/m1/s1. The number of carboxylic acid groups (broad SMARTS) is 1. The van der Waals surface area contributed by atoms with Gasteiger partial charge < -0.3 is 19.9 Å². The van der Waals surface area contributed by atoms with Crippen LogP contribution in [0.4, 0.5) is 4.39 Å². The number of aliphatic hydroxyl groups excluding tert-OH is 1. The Labute approximate surface area is 166 Å². The Bertz CT molecular complexity index is 979. The number of hydrogen-bond acceptors (Lipinski definition) is 5. The minimum absolute atomic E-state index is 0.0225. The molecule has 1 saturated heterocycles. The van der Waals surface area contributed by atoms with E-state index in [1.165, 1.54) is 29.2 Å². The van der Waals surface area contributed by atoms with Crippen molar-refractivity contribution in [3.8, 4) is 0 Å². The normalized spacial score (nSPS) is 18.3. The summed E-state index contributed by atoms with van der Waals surface area (Å²) in [7, 11) is 0. The maximum absolute atomic E-state index is 13.4. The molecule has 0 unspecified atom stereocenters. The number of aliphatic carboxylic acids is 1. The van der Waals surface area contributed by atoms with Crippen LogP contribution >= 0.6 is 0 Å². The van der Waals surface area contributed by atoms with Crippen molar-refractivity contribution in [3.63, 3.8) is 0 Å². The third-order valence-electron chi connectivity index (χ3n) is 4.83. The number of Topliss-reactive ketones (excluding diaryl/α,β-unsaturated/α-hetero) is 1. The minimum Gasteiger partial charge on any atom is -0.550 e. The molecule has 1 atom stereocenters. The average Bonchev–Trinajstić information content (AvgIpc) is 2.93. The summed E-state index contributed by atoms with van der Waals surface area (Å²) in [5.41, 5.74) is 1.65. The summed E-state index contributed by atoms with van der Waals surface area (Å²) >= 11 is 0. The van der Waals surface area contributed by atoms with Crippen LogP contribution < -0.4 is 5.11 Å². The molecule has 0 radical (unpaired) electrons. The first-order valence-corrected chi connectivity index (χ1v) is 9.10. The lowest BCUT2D eigenvalue weighted by atomic mass is 9.95. The van der Waals surface area contributed by atoms with Gasteiger partial charge in [0.15, 0.2) is 0 Å². The lowest BCUT2D eigenvalue weighted by Gasteiger charge is -2.25. The van der Waals surface area contributed by atoms with E-state index >= 15 is 0 Å². The molecule has 29 heavy (non-hydrogen) atoms. The van der Waals surface area contributed by atoms with Gasteiger partial charge in [-0.05, 0) is 37.5 Å². The maximum Gasteiger partial charge on any atom is 0.295 e. The van der Waals surface area contributed by atoms with Crippen LogP contribution in [-0.4, -0.2) is 34.2 Å². The second-order valence-electron chi connectivity index (χ2n) is 6.89. The highest BCUT2D eigenvalue weighted by Gasteiger charge is 2.45. The SMILES string of the molecule is Cc1ccc(/C(O)=C2\C(=O)C(=O)N(CCCC(=O)[O-])[C@@H]2c2ccc(F)cc2)cc1. The Morgan fingerprint density at radius 2 is 1.72 bits per heavy atom. The molecule has 3 rings (SSSR count). The van der Waals surface area contributed by atoms with Crippen LogP contribution in [0.5, 0.6) is 0 Å². The number of carboxylic acids is 1. The molecule has 150 valence electrons. The number of nitrogens with zero attached hydrogens (tertiary/aromatic N) is 1. The zero-order valence-corrected chi connectivity index (χ0v) is 15.7. The molecule has 0 saturated carbocycles. The topological polar surface area (TPSA) is 97.7 Å². The molecule has 1 N–H and O–H groups in total. The molecule has 0 spiro atoms. The Morgan fingerprint density at radius 3 is 2.31 bits per heavy atom. The van der Waals surface area contributed by atoms with Gasteiger partial charge in [-0.15, -0.1) is 0 Å². The number of carbonyl (C=O) groups is 3. The average molecular weight is 396 g/mol. The van der Waals surface area contributed by atoms with E-state index in [9.17, 15) is 29.0 Å². The predicted octanol–water partition coefficient (Wildman–Crippen LogP) is 2.09. The molecule has 0 aliphatic carbocycles. The zero-order valence-electron chi connectivity index (χ0n) is 15.7. The van der Waals surface area contributed by atoms with Crippen molar-refractivity contribution >= 4 is 23.4 Å². The number of benzene rings is 2. The van der Waals surface area contributed by atoms with Crippen LogP contribution in [-0.2, 0) is 14.4 Å². The molecule has 6 nitrogen and oxygen atoms in total. The molecule has 7 heteroatoms. The molecule has 1 aliphatic rings. The summed E-state index contributed by atoms with van der Waals surface area (Å²) < 4.78 is 13.4. The maximum atomic E-state index is 13.4. The molecule has 1 heterocycles. The van der Waals surface area contributed by atoms with E-state index in [0.29, 0.717) is 11.1 Å². The van der Waals surface area contributed by atoms with Gasteiger partial charge in [-0.3, -0.25) is 9.59 Å². The summed E-state index contributed by atoms with van der Waals surface area (Å²) in [4.78, 5) is 37.3. The molecule has 0 aromatic heterocycles. The number of ketones is 1. The molecule has 1 aliphatic heterocycles. The van der Waals surface area contributed by atoms with E-state index in [0.717, 1.165) is 5.56 Å². The van der Waals surface area contributed by atoms with Gasteiger partial charge in [0.2, 0.25) is 0 Å². The second-order valence-corrected chi connectivity index (χ2v) is 6.89. The van der Waals surface area contributed by atoms with E-state index in [4.69, 9.17) is 0 Å². The van der Waals surface area contributed by atoms with Gasteiger partial charge in [-0.2, -0.15) is 0 Å². The van der Waals surface area contributed by atoms with E-state index in [-0.39, 0.29) is 30.7 Å². The van der Waals surface area contributed by atoms with E-state index in [1.807, 2.05) is 6.92 Å². The third kappa shape index (κ3) is 4.18. The molecule has 1 fully saturated rings. The van der Waals surface area contributed by atoms with Crippen molar-refractivity contribution in [2.24, 2.45) is 0 Å². The van der Waals surface area contributed by atoms with Gasteiger partial charge in [0.1, 0.15) is 11.6 Å². The number of rotatable bonds is 6. The van der Waals surface area contributed by atoms with Gasteiger partial charge >= 0.3 is 0 Å². The first-order chi connectivity index (χ1) is 13.8. The largest absolute Gasteiger partial charge is 0.550 e. The fourth-order valence-electron chi connectivity index (χ4n) is 3.36. The quantitative estimate of drug-likeness (QED) is 0.458. The molecule has 2 aromatic carbocycles. The molecular weight excluding hydrogens is 377 g/mol. The van der Waals surface area contributed by atoms with Gasteiger partial charge in [0.25, 0.3) is 11.7 Å². The number of aliphatic hydroxyl groups is 1. The van der Waals surface area contributed by atoms with Crippen LogP contribution in [0.25, 0.3) is 5.76 Å². The Morgan fingerprint density at radius 1 is 1.10 bits per heavy atom. The summed E-state index contributed by atoms with van der Waals surface area (Å²) in [6, 6.07) is 11.1. The summed E-state index contributed by atoms with van der Waals surface area (Å²) in [5, 5.41) is 21.5. The number of likely N-dealkylation sites (tertiary alicyclic amines) is 1.